The molecule has 30 heavy (non-hydrogen) atoms. The first kappa shape index (κ1) is 24.6. The van der Waals surface area contributed by atoms with E-state index in [0.717, 1.165) is 45.2 Å². The van der Waals surface area contributed by atoms with Crippen LogP contribution < -0.4 is 5.32 Å². The van der Waals surface area contributed by atoms with E-state index in [-0.39, 0.29) is 36.4 Å². The number of nitrogens with zero attached hydrogens (tertiary/aromatic N) is 4. The highest BCUT2D eigenvalue weighted by atomic mass is 127. The number of nitrogens with one attached hydrogen (secondary N) is 1. The predicted octanol–water partition coefficient (Wildman–Crippen LogP) is 3.03. The van der Waals surface area contributed by atoms with E-state index in [4.69, 9.17) is 0 Å². The number of likely N-dealkylation sites (N-methyl/N-ethyl adjacent to an activating group) is 1. The average Bonchev–Trinajstić information content (AvgIpc) is 3.22. The molecule has 1 saturated heterocycles. The third-order valence-electron chi connectivity index (χ3n) is 5.02. The molecule has 1 aromatic heterocycles. The SMILES string of the molecule is Cc1cccc(CN2CCN(C(=NCC(=O)N(C)C)NCc3cccs3)CC2)c1.I. The summed E-state index contributed by atoms with van der Waals surface area (Å²) in [4.78, 5) is 24.2. The number of carbonyl (C=O) groups is 1. The highest BCUT2D eigenvalue weighted by molar-refractivity contribution is 14.0. The van der Waals surface area contributed by atoms with Crippen LogP contribution in [0.1, 0.15) is 16.0 Å². The molecular formula is C22H32IN5OS. The number of halogens is 1. The van der Waals surface area contributed by atoms with Gasteiger partial charge in [0.2, 0.25) is 5.91 Å². The fourth-order valence-corrected chi connectivity index (χ4v) is 3.96. The summed E-state index contributed by atoms with van der Waals surface area (Å²) in [5.74, 6) is 0.835. The molecule has 6 nitrogen and oxygen atoms in total. The highest BCUT2D eigenvalue weighted by Crippen LogP contribution is 2.12. The van der Waals surface area contributed by atoms with Gasteiger partial charge >= 0.3 is 0 Å². The summed E-state index contributed by atoms with van der Waals surface area (Å²) in [5, 5.41) is 5.53. The van der Waals surface area contributed by atoms with Crippen LogP contribution in [0.3, 0.4) is 0 Å². The van der Waals surface area contributed by atoms with Crippen molar-refractivity contribution >= 4 is 47.2 Å². The minimum absolute atomic E-state index is 0. The number of hydrogen-bond donors (Lipinski definition) is 1. The number of hydrogen-bond acceptors (Lipinski definition) is 4. The predicted molar refractivity (Wildman–Crippen MR) is 136 cm³/mol. The third kappa shape index (κ3) is 7.55. The Hall–Kier alpha value is -1.65. The molecule has 0 saturated carbocycles. The number of aryl methyl sites for hydroxylation is 1. The molecule has 3 rings (SSSR count). The molecule has 8 heteroatoms. The fourth-order valence-electron chi connectivity index (χ4n) is 3.32. The zero-order valence-electron chi connectivity index (χ0n) is 18.0. The number of benzene rings is 1. The average molecular weight is 542 g/mol. The number of piperazine rings is 1. The maximum Gasteiger partial charge on any atom is 0.243 e. The molecule has 1 aliphatic heterocycles. The Bertz CT molecular complexity index is 817. The molecule has 0 unspecified atom stereocenters. The van der Waals surface area contributed by atoms with Crippen LogP contribution in [0.15, 0.2) is 46.8 Å². The Balaban J connectivity index is 0.00000320. The van der Waals surface area contributed by atoms with Gasteiger partial charge in [-0.2, -0.15) is 0 Å². The van der Waals surface area contributed by atoms with Gasteiger partial charge in [-0.15, -0.1) is 35.3 Å². The van der Waals surface area contributed by atoms with Gasteiger partial charge in [0.25, 0.3) is 0 Å². The van der Waals surface area contributed by atoms with Gasteiger partial charge in [0.15, 0.2) is 5.96 Å². The quantitative estimate of drug-likeness (QED) is 0.347. The van der Waals surface area contributed by atoms with Crippen LogP contribution in [-0.2, 0) is 17.9 Å². The van der Waals surface area contributed by atoms with Crippen molar-refractivity contribution in [3.05, 3.63) is 57.8 Å². The Labute approximate surface area is 201 Å². The van der Waals surface area contributed by atoms with Gasteiger partial charge in [-0.1, -0.05) is 35.9 Å². The lowest BCUT2D eigenvalue weighted by molar-refractivity contribution is -0.127. The van der Waals surface area contributed by atoms with Crippen molar-refractivity contribution in [2.45, 2.75) is 20.0 Å². The Kier molecular flexibility index (Phi) is 10.1. The number of rotatable bonds is 6. The number of guanidine groups is 1. The van der Waals surface area contributed by atoms with E-state index in [1.54, 1.807) is 30.3 Å². The Morgan fingerprint density at radius 3 is 2.57 bits per heavy atom. The van der Waals surface area contributed by atoms with Gasteiger partial charge in [-0.3, -0.25) is 9.69 Å². The fraction of sp³-hybridized carbons (Fsp3) is 0.455. The smallest absolute Gasteiger partial charge is 0.243 e. The van der Waals surface area contributed by atoms with E-state index in [9.17, 15) is 4.79 Å². The maximum atomic E-state index is 12.0. The summed E-state index contributed by atoms with van der Waals surface area (Å²) in [6.45, 7) is 7.78. The van der Waals surface area contributed by atoms with E-state index in [1.807, 2.05) is 0 Å². The highest BCUT2D eigenvalue weighted by Gasteiger charge is 2.20. The molecule has 0 radical (unpaired) electrons. The van der Waals surface area contributed by atoms with Crippen molar-refractivity contribution in [2.75, 3.05) is 46.8 Å². The van der Waals surface area contributed by atoms with Crippen molar-refractivity contribution in [1.29, 1.82) is 0 Å². The summed E-state index contributed by atoms with van der Waals surface area (Å²) < 4.78 is 0. The van der Waals surface area contributed by atoms with Crippen LogP contribution in [0.4, 0.5) is 0 Å². The van der Waals surface area contributed by atoms with Gasteiger partial charge in [0.05, 0.1) is 6.54 Å². The molecule has 2 aromatic rings. The third-order valence-corrected chi connectivity index (χ3v) is 5.90. The molecule has 2 heterocycles. The molecule has 1 aromatic carbocycles. The zero-order valence-corrected chi connectivity index (χ0v) is 21.2. The second kappa shape index (κ2) is 12.3. The van der Waals surface area contributed by atoms with Gasteiger partial charge in [-0.25, -0.2) is 4.99 Å². The largest absolute Gasteiger partial charge is 0.351 e. The summed E-state index contributed by atoms with van der Waals surface area (Å²) in [7, 11) is 3.53. The minimum atomic E-state index is 0. The summed E-state index contributed by atoms with van der Waals surface area (Å²) in [5.41, 5.74) is 2.67. The summed E-state index contributed by atoms with van der Waals surface area (Å²) in [6, 6.07) is 12.9. The first-order valence-electron chi connectivity index (χ1n) is 10.0. The second-order valence-electron chi connectivity index (χ2n) is 7.61. The number of aliphatic imine (C=N–C) groups is 1. The number of thiophene rings is 1. The molecule has 1 N–H and O–H groups in total. The van der Waals surface area contributed by atoms with Gasteiger partial charge in [0, 0.05) is 51.7 Å². The molecule has 0 aliphatic carbocycles. The standard InChI is InChI=1S/C22H31N5OS.HI/c1-18-6-4-7-19(14-18)17-26-9-11-27(12-10-26)22(24-16-21(28)25(2)3)23-15-20-8-5-13-29-20;/h4-8,13-14H,9-12,15-17H2,1-3H3,(H,23,24);1H. The normalized spacial score (nSPS) is 14.9. The lowest BCUT2D eigenvalue weighted by atomic mass is 10.1. The molecule has 164 valence electrons. The summed E-state index contributed by atoms with van der Waals surface area (Å²) >= 11 is 1.72. The second-order valence-corrected chi connectivity index (χ2v) is 8.65. The molecule has 0 spiro atoms. The maximum absolute atomic E-state index is 12.0. The van der Waals surface area contributed by atoms with Crippen LogP contribution in [0.25, 0.3) is 0 Å². The topological polar surface area (TPSA) is 51.2 Å². The van der Waals surface area contributed by atoms with E-state index >= 15 is 0 Å². The molecule has 1 aliphatic rings. The van der Waals surface area contributed by atoms with Gasteiger partial charge < -0.3 is 15.1 Å². The van der Waals surface area contributed by atoms with Crippen molar-refractivity contribution in [3.8, 4) is 0 Å². The summed E-state index contributed by atoms with van der Waals surface area (Å²) in [6.07, 6.45) is 0. The first-order chi connectivity index (χ1) is 14.0. The van der Waals surface area contributed by atoms with Crippen LogP contribution in [-0.4, -0.2) is 73.4 Å². The lowest BCUT2D eigenvalue weighted by Crippen LogP contribution is -2.52. The van der Waals surface area contributed by atoms with Crippen LogP contribution in [0.2, 0.25) is 0 Å². The number of amides is 1. The van der Waals surface area contributed by atoms with Crippen molar-refractivity contribution in [2.24, 2.45) is 4.99 Å². The van der Waals surface area contributed by atoms with Gasteiger partial charge in [0.1, 0.15) is 6.54 Å². The molecular weight excluding hydrogens is 509 g/mol. The Morgan fingerprint density at radius 2 is 1.93 bits per heavy atom. The monoisotopic (exact) mass is 541 g/mol. The molecule has 1 fully saturated rings. The lowest BCUT2D eigenvalue weighted by Gasteiger charge is -2.36. The first-order valence-corrected chi connectivity index (χ1v) is 10.9. The van der Waals surface area contributed by atoms with Crippen molar-refractivity contribution < 1.29 is 4.79 Å². The van der Waals surface area contributed by atoms with E-state index in [2.05, 4.69) is 68.8 Å². The Morgan fingerprint density at radius 1 is 1.17 bits per heavy atom. The van der Waals surface area contributed by atoms with Crippen LogP contribution >= 0.6 is 35.3 Å². The van der Waals surface area contributed by atoms with E-state index in [0.29, 0.717) is 0 Å². The zero-order chi connectivity index (χ0) is 20.6. The van der Waals surface area contributed by atoms with Crippen molar-refractivity contribution in [1.82, 2.24) is 20.0 Å². The van der Waals surface area contributed by atoms with Crippen LogP contribution in [0, 0.1) is 6.92 Å². The molecule has 0 atom stereocenters. The number of carbonyl (C=O) groups excluding carboxylic acids is 1. The van der Waals surface area contributed by atoms with E-state index < -0.39 is 0 Å². The molecule has 1 amide bonds. The van der Waals surface area contributed by atoms with Crippen LogP contribution in [0.5, 0.6) is 0 Å². The minimum Gasteiger partial charge on any atom is -0.351 e. The van der Waals surface area contributed by atoms with Crippen molar-refractivity contribution in [3.63, 3.8) is 0 Å². The molecule has 0 bridgehead atoms. The van der Waals surface area contributed by atoms with E-state index in [1.165, 1.54) is 16.0 Å². The van der Waals surface area contributed by atoms with Gasteiger partial charge in [-0.05, 0) is 23.9 Å².